The van der Waals surface area contributed by atoms with Crippen molar-refractivity contribution in [3.8, 4) is 0 Å². The Morgan fingerprint density at radius 2 is 1.95 bits per heavy atom. The molecule has 0 saturated carbocycles. The number of rotatable bonds is 4. The highest BCUT2D eigenvalue weighted by Crippen LogP contribution is 2.16. The van der Waals surface area contributed by atoms with Crippen LogP contribution in [-0.2, 0) is 11.2 Å². The second kappa shape index (κ2) is 6.19. The third kappa shape index (κ3) is 3.57. The van der Waals surface area contributed by atoms with Crippen molar-refractivity contribution in [2.24, 2.45) is 0 Å². The molecule has 2 rings (SSSR count). The summed E-state index contributed by atoms with van der Waals surface area (Å²) in [4.78, 5) is 13.6. The van der Waals surface area contributed by atoms with Crippen LogP contribution in [0.1, 0.15) is 12.0 Å². The van der Waals surface area contributed by atoms with Gasteiger partial charge in [0.2, 0.25) is 5.91 Å². The lowest BCUT2D eigenvalue weighted by Gasteiger charge is -2.17. The number of amides is 1. The lowest BCUT2D eigenvalue weighted by Crippen LogP contribution is -2.26. The Morgan fingerprint density at radius 1 is 1.20 bits per heavy atom. The van der Waals surface area contributed by atoms with E-state index >= 15 is 0 Å². The summed E-state index contributed by atoms with van der Waals surface area (Å²) >= 11 is 0. The average molecular weight is 272 g/mol. The lowest BCUT2D eigenvalue weighted by atomic mass is 10.1. The van der Waals surface area contributed by atoms with Crippen LogP contribution < -0.4 is 10.6 Å². The fraction of sp³-hybridized carbons (Fsp3) is 0.188. The minimum Gasteiger partial charge on any atom is -0.399 e. The van der Waals surface area contributed by atoms with Gasteiger partial charge in [-0.3, -0.25) is 4.79 Å². The summed E-state index contributed by atoms with van der Waals surface area (Å²) in [6, 6.07) is 13.5. The van der Waals surface area contributed by atoms with Crippen LogP contribution in [0.25, 0.3) is 0 Å². The molecule has 104 valence electrons. The van der Waals surface area contributed by atoms with Crippen LogP contribution in [0.2, 0.25) is 0 Å². The maximum absolute atomic E-state index is 13.1. The minimum absolute atomic E-state index is 0.0574. The third-order valence-corrected chi connectivity index (χ3v) is 3.15. The van der Waals surface area contributed by atoms with Gasteiger partial charge in [0.25, 0.3) is 0 Å². The first-order valence-corrected chi connectivity index (χ1v) is 6.43. The van der Waals surface area contributed by atoms with Crippen molar-refractivity contribution >= 4 is 17.3 Å². The van der Waals surface area contributed by atoms with Crippen molar-refractivity contribution in [1.82, 2.24) is 0 Å². The largest absolute Gasteiger partial charge is 0.399 e. The van der Waals surface area contributed by atoms with Gasteiger partial charge >= 0.3 is 0 Å². The van der Waals surface area contributed by atoms with Crippen LogP contribution in [0.15, 0.2) is 48.5 Å². The first-order chi connectivity index (χ1) is 9.56. The van der Waals surface area contributed by atoms with Gasteiger partial charge in [-0.2, -0.15) is 0 Å². The van der Waals surface area contributed by atoms with Crippen molar-refractivity contribution < 1.29 is 9.18 Å². The molecule has 0 aliphatic rings. The van der Waals surface area contributed by atoms with Crippen molar-refractivity contribution in [3.05, 3.63) is 59.9 Å². The van der Waals surface area contributed by atoms with E-state index in [4.69, 9.17) is 5.73 Å². The van der Waals surface area contributed by atoms with Crippen molar-refractivity contribution in [2.75, 3.05) is 17.7 Å². The number of nitrogens with two attached hydrogens (primary N) is 1. The van der Waals surface area contributed by atoms with Gasteiger partial charge in [0.05, 0.1) is 0 Å². The molecule has 0 spiro atoms. The van der Waals surface area contributed by atoms with E-state index in [0.717, 1.165) is 5.56 Å². The molecule has 2 aromatic rings. The molecule has 2 aromatic carbocycles. The van der Waals surface area contributed by atoms with Gasteiger partial charge < -0.3 is 10.6 Å². The van der Waals surface area contributed by atoms with Crippen LogP contribution in [0.3, 0.4) is 0 Å². The normalized spacial score (nSPS) is 10.3. The van der Waals surface area contributed by atoms with Crippen molar-refractivity contribution in [3.63, 3.8) is 0 Å². The summed E-state index contributed by atoms with van der Waals surface area (Å²) in [7, 11) is 1.65. The second-order valence-corrected chi connectivity index (χ2v) is 4.68. The predicted octanol–water partition coefficient (Wildman–Crippen LogP) is 3.00. The van der Waals surface area contributed by atoms with Gasteiger partial charge in [0.15, 0.2) is 0 Å². The van der Waals surface area contributed by atoms with Crippen molar-refractivity contribution in [2.45, 2.75) is 12.8 Å². The molecule has 0 saturated heterocycles. The van der Waals surface area contributed by atoms with E-state index in [9.17, 15) is 9.18 Å². The maximum atomic E-state index is 13.1. The van der Waals surface area contributed by atoms with Gasteiger partial charge in [-0.15, -0.1) is 0 Å². The number of hydrogen-bond acceptors (Lipinski definition) is 2. The molecule has 0 atom stereocenters. The van der Waals surface area contributed by atoms with Crippen LogP contribution >= 0.6 is 0 Å². The number of halogens is 1. The number of benzene rings is 2. The maximum Gasteiger partial charge on any atom is 0.227 e. The first kappa shape index (κ1) is 14.1. The molecule has 4 heteroatoms. The average Bonchev–Trinajstić information content (AvgIpc) is 2.44. The molecule has 0 bridgehead atoms. The standard InChI is InChI=1S/C16H17FN2O/c1-19(15-7-3-5-13(17)11-15)16(20)9-8-12-4-2-6-14(18)10-12/h2-7,10-11H,8-9,18H2,1H3. The number of aryl methyl sites for hydroxylation is 1. The summed E-state index contributed by atoms with van der Waals surface area (Å²) in [5, 5.41) is 0. The van der Waals surface area contributed by atoms with Gasteiger partial charge in [-0.25, -0.2) is 4.39 Å². The quantitative estimate of drug-likeness (QED) is 0.870. The van der Waals surface area contributed by atoms with E-state index in [2.05, 4.69) is 0 Å². The van der Waals surface area contributed by atoms with Gasteiger partial charge in [-0.1, -0.05) is 18.2 Å². The van der Waals surface area contributed by atoms with E-state index in [1.807, 2.05) is 24.3 Å². The molecule has 0 aliphatic carbocycles. The van der Waals surface area contributed by atoms with Crippen LogP contribution in [-0.4, -0.2) is 13.0 Å². The van der Waals surface area contributed by atoms with E-state index in [1.165, 1.54) is 17.0 Å². The Kier molecular flexibility index (Phi) is 4.35. The van der Waals surface area contributed by atoms with Gasteiger partial charge in [0.1, 0.15) is 5.82 Å². The highest BCUT2D eigenvalue weighted by molar-refractivity contribution is 5.92. The van der Waals surface area contributed by atoms with Crippen LogP contribution in [0, 0.1) is 5.82 Å². The molecule has 20 heavy (non-hydrogen) atoms. The lowest BCUT2D eigenvalue weighted by molar-refractivity contribution is -0.118. The summed E-state index contributed by atoms with van der Waals surface area (Å²) in [5.74, 6) is -0.406. The Morgan fingerprint density at radius 3 is 2.65 bits per heavy atom. The number of nitrogen functional groups attached to an aromatic ring is 1. The molecule has 2 N–H and O–H groups in total. The zero-order valence-electron chi connectivity index (χ0n) is 11.3. The third-order valence-electron chi connectivity index (χ3n) is 3.15. The molecular weight excluding hydrogens is 255 g/mol. The molecule has 0 fully saturated rings. The fourth-order valence-corrected chi connectivity index (χ4v) is 2.00. The van der Waals surface area contributed by atoms with Gasteiger partial charge in [0, 0.05) is 24.8 Å². The predicted molar refractivity (Wildman–Crippen MR) is 79.0 cm³/mol. The molecule has 3 nitrogen and oxygen atoms in total. The molecule has 1 amide bonds. The summed E-state index contributed by atoms with van der Waals surface area (Å²) < 4.78 is 13.1. The van der Waals surface area contributed by atoms with E-state index in [0.29, 0.717) is 24.2 Å². The van der Waals surface area contributed by atoms with E-state index < -0.39 is 0 Å². The minimum atomic E-state index is -0.349. The Bertz CT molecular complexity index is 613. The summed E-state index contributed by atoms with van der Waals surface area (Å²) in [5.41, 5.74) is 7.96. The zero-order chi connectivity index (χ0) is 14.5. The molecule has 0 aromatic heterocycles. The topological polar surface area (TPSA) is 46.3 Å². The van der Waals surface area contributed by atoms with Crippen molar-refractivity contribution in [1.29, 1.82) is 0 Å². The van der Waals surface area contributed by atoms with E-state index in [1.54, 1.807) is 19.2 Å². The second-order valence-electron chi connectivity index (χ2n) is 4.68. The Labute approximate surface area is 117 Å². The monoisotopic (exact) mass is 272 g/mol. The SMILES string of the molecule is CN(C(=O)CCc1cccc(N)c1)c1cccc(F)c1. The summed E-state index contributed by atoms with van der Waals surface area (Å²) in [6.07, 6.45) is 0.972. The number of carbonyl (C=O) groups is 1. The number of carbonyl (C=O) groups excluding carboxylic acids is 1. The van der Waals surface area contributed by atoms with Gasteiger partial charge in [-0.05, 0) is 42.3 Å². The van der Waals surface area contributed by atoms with Crippen LogP contribution in [0.4, 0.5) is 15.8 Å². The number of nitrogens with zero attached hydrogens (tertiary/aromatic N) is 1. The molecule has 0 radical (unpaired) electrons. The fourth-order valence-electron chi connectivity index (χ4n) is 2.00. The summed E-state index contributed by atoms with van der Waals surface area (Å²) in [6.45, 7) is 0. The molecule has 0 aliphatic heterocycles. The highest BCUT2D eigenvalue weighted by atomic mass is 19.1. The molecule has 0 unspecified atom stereocenters. The van der Waals surface area contributed by atoms with Crippen LogP contribution in [0.5, 0.6) is 0 Å². The molecule has 0 heterocycles. The number of anilines is 2. The Balaban J connectivity index is 1.98. The smallest absolute Gasteiger partial charge is 0.227 e. The molecular formula is C16H17FN2O. The highest BCUT2D eigenvalue weighted by Gasteiger charge is 2.11. The Hall–Kier alpha value is -2.36. The first-order valence-electron chi connectivity index (χ1n) is 6.43. The number of hydrogen-bond donors (Lipinski definition) is 1. The van der Waals surface area contributed by atoms with E-state index in [-0.39, 0.29) is 11.7 Å². The zero-order valence-corrected chi connectivity index (χ0v) is 11.3.